The number of thioether (sulfide) groups is 1. The minimum absolute atomic E-state index is 0.484. The summed E-state index contributed by atoms with van der Waals surface area (Å²) in [5.41, 5.74) is 0.755. The van der Waals surface area contributed by atoms with E-state index in [2.05, 4.69) is 5.32 Å². The second-order valence-corrected chi connectivity index (χ2v) is 4.38. The Morgan fingerprint density at radius 1 is 1.06 bits per heavy atom. The van der Waals surface area contributed by atoms with E-state index in [0.29, 0.717) is 5.75 Å². The van der Waals surface area contributed by atoms with Crippen molar-refractivity contribution in [3.63, 3.8) is 0 Å². The molecule has 0 aliphatic rings. The highest BCUT2D eigenvalue weighted by atomic mass is 32.2. The fourth-order valence-electron chi connectivity index (χ4n) is 1.48. The molecule has 3 nitrogen and oxygen atoms in total. The third-order valence-electron chi connectivity index (χ3n) is 2.30. The summed E-state index contributed by atoms with van der Waals surface area (Å²) in [6.45, 7) is 0. The van der Waals surface area contributed by atoms with Gasteiger partial charge in [0.2, 0.25) is 0 Å². The molecule has 0 atom stereocenters. The van der Waals surface area contributed by atoms with E-state index in [1.807, 2.05) is 48.7 Å². The molecule has 0 aliphatic heterocycles. The second-order valence-electron chi connectivity index (χ2n) is 3.53. The van der Waals surface area contributed by atoms with Gasteiger partial charge in [0, 0.05) is 4.90 Å². The molecule has 0 saturated heterocycles. The maximum Gasteiger partial charge on any atom is 0.417 e. The normalized spacial score (nSPS) is 9.83. The fraction of sp³-hybridized carbons (Fsp3) is 0.0714. The molecule has 0 aromatic heterocycles. The first-order valence-electron chi connectivity index (χ1n) is 5.46. The molecule has 0 heterocycles. The van der Waals surface area contributed by atoms with Gasteiger partial charge in [0.25, 0.3) is 0 Å². The van der Waals surface area contributed by atoms with Crippen LogP contribution in [-0.4, -0.2) is 12.3 Å². The number of ether oxygens (including phenoxy) is 1. The molecule has 1 amide bonds. The molecular formula is C14H13NO2S. The summed E-state index contributed by atoms with van der Waals surface area (Å²) < 4.78 is 5.16. The van der Waals surface area contributed by atoms with E-state index in [-0.39, 0.29) is 0 Å². The Kier molecular flexibility index (Phi) is 4.25. The summed E-state index contributed by atoms with van der Waals surface area (Å²) in [6, 6.07) is 16.6. The molecule has 2 rings (SSSR count). The molecule has 0 fully saturated rings. The van der Waals surface area contributed by atoms with Gasteiger partial charge in [-0.25, -0.2) is 4.79 Å². The average molecular weight is 259 g/mol. The average Bonchev–Trinajstić information content (AvgIpc) is 2.40. The van der Waals surface area contributed by atoms with Gasteiger partial charge in [-0.2, -0.15) is 0 Å². The van der Waals surface area contributed by atoms with E-state index < -0.39 is 6.09 Å². The SMILES string of the molecule is CSc1ccccc1NC(=O)Oc1ccccc1. The van der Waals surface area contributed by atoms with E-state index in [0.717, 1.165) is 10.6 Å². The van der Waals surface area contributed by atoms with Crippen molar-refractivity contribution in [1.29, 1.82) is 0 Å². The van der Waals surface area contributed by atoms with Gasteiger partial charge >= 0.3 is 6.09 Å². The van der Waals surface area contributed by atoms with E-state index in [1.165, 1.54) is 0 Å². The van der Waals surface area contributed by atoms with E-state index in [9.17, 15) is 4.79 Å². The number of hydrogen-bond acceptors (Lipinski definition) is 3. The molecule has 0 bridgehead atoms. The fourth-order valence-corrected chi connectivity index (χ4v) is 2.03. The van der Waals surface area contributed by atoms with Crippen LogP contribution in [0.3, 0.4) is 0 Å². The third-order valence-corrected chi connectivity index (χ3v) is 3.09. The van der Waals surface area contributed by atoms with Gasteiger partial charge in [-0.1, -0.05) is 30.3 Å². The van der Waals surface area contributed by atoms with Crippen LogP contribution < -0.4 is 10.1 Å². The highest BCUT2D eigenvalue weighted by molar-refractivity contribution is 7.98. The third kappa shape index (κ3) is 3.28. The summed E-state index contributed by atoms with van der Waals surface area (Å²) in [5, 5.41) is 2.73. The number of benzene rings is 2. The lowest BCUT2D eigenvalue weighted by Crippen LogP contribution is -2.17. The van der Waals surface area contributed by atoms with Crippen molar-refractivity contribution < 1.29 is 9.53 Å². The minimum atomic E-state index is -0.484. The van der Waals surface area contributed by atoms with Gasteiger partial charge in [0.1, 0.15) is 5.75 Å². The maximum absolute atomic E-state index is 11.7. The molecule has 0 saturated carbocycles. The highest BCUT2D eigenvalue weighted by Gasteiger charge is 2.07. The van der Waals surface area contributed by atoms with Crippen molar-refractivity contribution in [2.45, 2.75) is 4.90 Å². The molecule has 0 unspecified atom stereocenters. The van der Waals surface area contributed by atoms with Crippen LogP contribution in [-0.2, 0) is 0 Å². The van der Waals surface area contributed by atoms with Crippen LogP contribution in [0.4, 0.5) is 10.5 Å². The Morgan fingerprint density at radius 3 is 2.44 bits per heavy atom. The minimum Gasteiger partial charge on any atom is -0.410 e. The van der Waals surface area contributed by atoms with Crippen LogP contribution in [0.15, 0.2) is 59.5 Å². The maximum atomic E-state index is 11.7. The van der Waals surface area contributed by atoms with Gasteiger partial charge in [-0.05, 0) is 30.5 Å². The zero-order valence-corrected chi connectivity index (χ0v) is 10.7. The van der Waals surface area contributed by atoms with Crippen molar-refractivity contribution in [3.05, 3.63) is 54.6 Å². The van der Waals surface area contributed by atoms with Gasteiger partial charge in [-0.3, -0.25) is 5.32 Å². The molecule has 92 valence electrons. The van der Waals surface area contributed by atoms with E-state index in [1.54, 1.807) is 23.9 Å². The monoisotopic (exact) mass is 259 g/mol. The van der Waals surface area contributed by atoms with Crippen molar-refractivity contribution in [2.24, 2.45) is 0 Å². The molecule has 2 aromatic carbocycles. The summed E-state index contributed by atoms with van der Waals surface area (Å²) in [5.74, 6) is 0.525. The van der Waals surface area contributed by atoms with Gasteiger partial charge < -0.3 is 4.74 Å². The predicted molar refractivity (Wildman–Crippen MR) is 74.3 cm³/mol. The largest absolute Gasteiger partial charge is 0.417 e. The molecular weight excluding hydrogens is 246 g/mol. The summed E-state index contributed by atoms with van der Waals surface area (Å²) in [4.78, 5) is 12.7. The lowest BCUT2D eigenvalue weighted by molar-refractivity contribution is 0.215. The zero-order chi connectivity index (χ0) is 12.8. The van der Waals surface area contributed by atoms with Gasteiger partial charge in [-0.15, -0.1) is 11.8 Å². The first-order chi connectivity index (χ1) is 8.79. The lowest BCUT2D eigenvalue weighted by Gasteiger charge is -2.09. The van der Waals surface area contributed by atoms with Crippen LogP contribution in [0.2, 0.25) is 0 Å². The van der Waals surface area contributed by atoms with Crippen molar-refractivity contribution in [2.75, 3.05) is 11.6 Å². The number of rotatable bonds is 3. The Bertz CT molecular complexity index is 528. The Labute approximate surface area is 110 Å². The summed E-state index contributed by atoms with van der Waals surface area (Å²) in [6.07, 6.45) is 1.48. The standard InChI is InChI=1S/C14H13NO2S/c1-18-13-10-6-5-9-12(13)15-14(16)17-11-7-3-2-4-8-11/h2-10H,1H3,(H,15,16). The molecule has 2 aromatic rings. The summed E-state index contributed by atoms with van der Waals surface area (Å²) >= 11 is 1.57. The second kappa shape index (κ2) is 6.12. The Morgan fingerprint density at radius 2 is 1.72 bits per heavy atom. The van der Waals surface area contributed by atoms with Gasteiger partial charge in [0.05, 0.1) is 5.69 Å². The van der Waals surface area contributed by atoms with Crippen LogP contribution in [0.25, 0.3) is 0 Å². The molecule has 0 aliphatic carbocycles. The number of anilines is 1. The van der Waals surface area contributed by atoms with Crippen LogP contribution in [0, 0.1) is 0 Å². The Balaban J connectivity index is 2.03. The first-order valence-corrected chi connectivity index (χ1v) is 6.69. The van der Waals surface area contributed by atoms with Crippen LogP contribution in [0.1, 0.15) is 0 Å². The molecule has 0 spiro atoms. The highest BCUT2D eigenvalue weighted by Crippen LogP contribution is 2.24. The number of amides is 1. The van der Waals surface area contributed by atoms with Crippen LogP contribution in [0.5, 0.6) is 5.75 Å². The zero-order valence-electron chi connectivity index (χ0n) is 9.92. The molecule has 18 heavy (non-hydrogen) atoms. The van der Waals surface area contributed by atoms with Crippen molar-refractivity contribution >= 4 is 23.5 Å². The number of carbonyl (C=O) groups is 1. The van der Waals surface area contributed by atoms with Crippen molar-refractivity contribution in [3.8, 4) is 5.75 Å². The number of nitrogens with one attached hydrogen (secondary N) is 1. The van der Waals surface area contributed by atoms with Crippen molar-refractivity contribution in [1.82, 2.24) is 0 Å². The topological polar surface area (TPSA) is 38.3 Å². The molecule has 1 N–H and O–H groups in total. The van der Waals surface area contributed by atoms with E-state index in [4.69, 9.17) is 4.74 Å². The number of carbonyl (C=O) groups excluding carboxylic acids is 1. The number of para-hydroxylation sites is 2. The number of hydrogen-bond donors (Lipinski definition) is 1. The smallest absolute Gasteiger partial charge is 0.410 e. The Hall–Kier alpha value is -1.94. The quantitative estimate of drug-likeness (QED) is 0.846. The van der Waals surface area contributed by atoms with E-state index >= 15 is 0 Å². The first kappa shape index (κ1) is 12.5. The molecule has 0 radical (unpaired) electrons. The van der Waals surface area contributed by atoms with Crippen LogP contribution >= 0.6 is 11.8 Å². The molecule has 4 heteroatoms. The predicted octanol–water partition coefficient (Wildman–Crippen LogP) is 4.02. The lowest BCUT2D eigenvalue weighted by atomic mass is 10.3. The van der Waals surface area contributed by atoms with Gasteiger partial charge in [0.15, 0.2) is 0 Å². The summed E-state index contributed by atoms with van der Waals surface area (Å²) in [7, 11) is 0.